The number of anilines is 2. The van der Waals surface area contributed by atoms with Crippen LogP contribution in [0.15, 0.2) is 60.8 Å². The highest BCUT2D eigenvalue weighted by Gasteiger charge is 2.15. The van der Waals surface area contributed by atoms with Crippen molar-refractivity contribution >= 4 is 39.2 Å². The Morgan fingerprint density at radius 1 is 1.10 bits per heavy atom. The normalized spacial score (nSPS) is 12.2. The van der Waals surface area contributed by atoms with Crippen LogP contribution in [0.2, 0.25) is 0 Å². The summed E-state index contributed by atoms with van der Waals surface area (Å²) >= 11 is 0. The van der Waals surface area contributed by atoms with Crippen molar-refractivity contribution in [3.05, 3.63) is 71.9 Å². The summed E-state index contributed by atoms with van der Waals surface area (Å²) in [5.74, 6) is 0.761. The molecule has 152 valence electrons. The van der Waals surface area contributed by atoms with Crippen LogP contribution in [0.25, 0.3) is 21.8 Å². The number of pyridine rings is 2. The van der Waals surface area contributed by atoms with Crippen LogP contribution >= 0.6 is 0 Å². The topological polar surface area (TPSA) is 80.9 Å². The fourth-order valence-electron chi connectivity index (χ4n) is 4.04. The zero-order valence-electron chi connectivity index (χ0n) is 17.4. The molecule has 0 saturated heterocycles. The molecular formula is C25H26N4O. The van der Waals surface area contributed by atoms with Gasteiger partial charge in [-0.2, -0.15) is 0 Å². The van der Waals surface area contributed by atoms with Gasteiger partial charge in [-0.15, -0.1) is 0 Å². The van der Waals surface area contributed by atoms with Gasteiger partial charge in [-0.3, -0.25) is 9.78 Å². The summed E-state index contributed by atoms with van der Waals surface area (Å²) in [6.07, 6.45) is 5.02. The summed E-state index contributed by atoms with van der Waals surface area (Å²) < 4.78 is 0. The van der Waals surface area contributed by atoms with Crippen molar-refractivity contribution in [2.24, 2.45) is 0 Å². The number of hydrogen-bond acceptors (Lipinski definition) is 4. The van der Waals surface area contributed by atoms with Crippen molar-refractivity contribution in [3.8, 4) is 0 Å². The SMILES string of the molecule is CCCC(Cc1ccc(NC(C)=O)cc1)c1cnc2c(N)nc3ccccc3c2c1. The highest BCUT2D eigenvalue weighted by molar-refractivity contribution is 6.08. The summed E-state index contributed by atoms with van der Waals surface area (Å²) in [4.78, 5) is 20.4. The molecule has 0 aliphatic carbocycles. The Bertz CT molecular complexity index is 1200. The minimum absolute atomic E-state index is 0.0603. The molecule has 0 radical (unpaired) electrons. The van der Waals surface area contributed by atoms with Crippen LogP contribution < -0.4 is 11.1 Å². The molecular weight excluding hydrogens is 372 g/mol. The molecule has 2 heterocycles. The van der Waals surface area contributed by atoms with E-state index in [1.807, 2.05) is 36.5 Å². The molecule has 0 spiro atoms. The minimum Gasteiger partial charge on any atom is -0.382 e. The largest absolute Gasteiger partial charge is 0.382 e. The highest BCUT2D eigenvalue weighted by Crippen LogP contribution is 2.32. The van der Waals surface area contributed by atoms with E-state index < -0.39 is 0 Å². The molecule has 3 N–H and O–H groups in total. The Morgan fingerprint density at radius 2 is 1.87 bits per heavy atom. The Labute approximate surface area is 176 Å². The first kappa shape index (κ1) is 19.8. The van der Waals surface area contributed by atoms with Crippen molar-refractivity contribution in [1.29, 1.82) is 0 Å². The number of aromatic nitrogens is 2. The number of amides is 1. The number of carbonyl (C=O) groups excluding carboxylic acids is 1. The van der Waals surface area contributed by atoms with E-state index in [0.717, 1.165) is 46.8 Å². The molecule has 1 amide bonds. The van der Waals surface area contributed by atoms with Gasteiger partial charge in [0.2, 0.25) is 5.91 Å². The summed E-state index contributed by atoms with van der Waals surface area (Å²) in [5.41, 5.74) is 11.1. The van der Waals surface area contributed by atoms with E-state index in [2.05, 4.69) is 46.5 Å². The first-order valence-electron chi connectivity index (χ1n) is 10.4. The second-order valence-corrected chi connectivity index (χ2v) is 7.75. The number of rotatable bonds is 6. The Balaban J connectivity index is 1.70. The highest BCUT2D eigenvalue weighted by atomic mass is 16.1. The van der Waals surface area contributed by atoms with E-state index in [9.17, 15) is 4.79 Å². The van der Waals surface area contributed by atoms with Crippen LogP contribution in [-0.2, 0) is 11.2 Å². The van der Waals surface area contributed by atoms with E-state index in [4.69, 9.17) is 5.73 Å². The molecule has 0 bridgehead atoms. The smallest absolute Gasteiger partial charge is 0.221 e. The minimum atomic E-state index is -0.0603. The third-order valence-corrected chi connectivity index (χ3v) is 5.45. The van der Waals surface area contributed by atoms with Crippen LogP contribution in [0.4, 0.5) is 11.5 Å². The second-order valence-electron chi connectivity index (χ2n) is 7.75. The average molecular weight is 399 g/mol. The van der Waals surface area contributed by atoms with Crippen molar-refractivity contribution in [2.75, 3.05) is 11.1 Å². The molecule has 30 heavy (non-hydrogen) atoms. The first-order valence-corrected chi connectivity index (χ1v) is 10.4. The molecule has 4 aromatic rings. The number of fused-ring (bicyclic) bond motifs is 3. The summed E-state index contributed by atoms with van der Waals surface area (Å²) in [5, 5.41) is 4.95. The maximum Gasteiger partial charge on any atom is 0.221 e. The lowest BCUT2D eigenvalue weighted by Gasteiger charge is -2.18. The van der Waals surface area contributed by atoms with Crippen LogP contribution in [0.3, 0.4) is 0 Å². The predicted octanol–water partition coefficient (Wildman–Crippen LogP) is 5.45. The van der Waals surface area contributed by atoms with Crippen LogP contribution in [0.1, 0.15) is 43.7 Å². The van der Waals surface area contributed by atoms with Crippen LogP contribution in [0.5, 0.6) is 0 Å². The van der Waals surface area contributed by atoms with Gasteiger partial charge in [0.05, 0.1) is 5.52 Å². The monoisotopic (exact) mass is 398 g/mol. The number of nitrogens with zero attached hydrogens (tertiary/aromatic N) is 2. The molecule has 0 saturated carbocycles. The molecule has 0 aliphatic heterocycles. The van der Waals surface area contributed by atoms with E-state index in [1.165, 1.54) is 18.1 Å². The predicted molar refractivity (Wildman–Crippen MR) is 124 cm³/mol. The van der Waals surface area contributed by atoms with Crippen molar-refractivity contribution in [2.45, 2.75) is 39.0 Å². The lowest BCUT2D eigenvalue weighted by atomic mass is 9.88. The lowest BCUT2D eigenvalue weighted by Crippen LogP contribution is -2.07. The number of carbonyl (C=O) groups is 1. The van der Waals surface area contributed by atoms with Crippen molar-refractivity contribution < 1.29 is 4.79 Å². The van der Waals surface area contributed by atoms with Crippen molar-refractivity contribution in [1.82, 2.24) is 9.97 Å². The zero-order chi connectivity index (χ0) is 21.1. The summed E-state index contributed by atoms with van der Waals surface area (Å²) in [6, 6.07) is 18.4. The third-order valence-electron chi connectivity index (χ3n) is 5.45. The quantitative estimate of drug-likeness (QED) is 0.423. The van der Waals surface area contributed by atoms with Gasteiger partial charge in [0.25, 0.3) is 0 Å². The van der Waals surface area contributed by atoms with Gasteiger partial charge in [0.1, 0.15) is 5.52 Å². The molecule has 5 heteroatoms. The van der Waals surface area contributed by atoms with Gasteiger partial charge in [0.15, 0.2) is 5.82 Å². The maximum atomic E-state index is 11.2. The number of hydrogen-bond donors (Lipinski definition) is 2. The summed E-state index contributed by atoms with van der Waals surface area (Å²) in [7, 11) is 0. The summed E-state index contributed by atoms with van der Waals surface area (Å²) in [6.45, 7) is 3.72. The molecule has 1 atom stereocenters. The Morgan fingerprint density at radius 3 is 2.60 bits per heavy atom. The number of nitrogen functional groups attached to an aromatic ring is 1. The van der Waals surface area contributed by atoms with Gasteiger partial charge in [-0.25, -0.2) is 4.98 Å². The number of nitrogens with one attached hydrogen (secondary N) is 1. The first-order chi connectivity index (χ1) is 14.5. The molecule has 2 aromatic heterocycles. The zero-order valence-corrected chi connectivity index (χ0v) is 17.4. The van der Waals surface area contributed by atoms with Gasteiger partial charge < -0.3 is 11.1 Å². The lowest BCUT2D eigenvalue weighted by molar-refractivity contribution is -0.114. The van der Waals surface area contributed by atoms with Gasteiger partial charge in [0, 0.05) is 29.6 Å². The fraction of sp³-hybridized carbons (Fsp3) is 0.240. The van der Waals surface area contributed by atoms with Gasteiger partial charge in [-0.05, 0) is 54.2 Å². The number of para-hydroxylation sites is 1. The number of benzene rings is 2. The van der Waals surface area contributed by atoms with E-state index in [1.54, 1.807) is 0 Å². The van der Waals surface area contributed by atoms with Crippen LogP contribution in [-0.4, -0.2) is 15.9 Å². The molecule has 1 unspecified atom stereocenters. The maximum absolute atomic E-state index is 11.2. The van der Waals surface area contributed by atoms with Gasteiger partial charge >= 0.3 is 0 Å². The van der Waals surface area contributed by atoms with E-state index >= 15 is 0 Å². The second kappa shape index (κ2) is 8.49. The van der Waals surface area contributed by atoms with E-state index in [0.29, 0.717) is 11.7 Å². The molecule has 5 nitrogen and oxygen atoms in total. The average Bonchev–Trinajstić information content (AvgIpc) is 2.74. The molecule has 2 aromatic carbocycles. The standard InChI is InChI=1S/C25H26N4O/c1-3-6-18(13-17-9-11-20(12-10-17)28-16(2)30)19-14-22-21-7-4-5-8-23(21)29-25(26)24(22)27-15-19/h4-5,7-12,14-15,18H,3,6,13H2,1-2H3,(H2,26,29)(H,28,30). The fourth-order valence-corrected chi connectivity index (χ4v) is 4.04. The van der Waals surface area contributed by atoms with Gasteiger partial charge in [-0.1, -0.05) is 43.7 Å². The van der Waals surface area contributed by atoms with Crippen molar-refractivity contribution in [3.63, 3.8) is 0 Å². The Hall–Kier alpha value is -3.47. The molecule has 0 fully saturated rings. The number of nitrogens with two attached hydrogens (primary N) is 1. The molecule has 0 aliphatic rings. The Kier molecular flexibility index (Phi) is 5.61. The van der Waals surface area contributed by atoms with E-state index in [-0.39, 0.29) is 5.91 Å². The molecule has 4 rings (SSSR count). The third kappa shape index (κ3) is 4.10. The van der Waals surface area contributed by atoms with Crippen LogP contribution in [0, 0.1) is 0 Å².